The van der Waals surface area contributed by atoms with Gasteiger partial charge in [-0.25, -0.2) is 4.98 Å². The summed E-state index contributed by atoms with van der Waals surface area (Å²) < 4.78 is 13.7. The lowest BCUT2D eigenvalue weighted by Crippen LogP contribution is -2.48. The largest absolute Gasteiger partial charge is 0.505 e. The first-order valence-electron chi connectivity index (χ1n) is 9.37. The van der Waals surface area contributed by atoms with E-state index in [1.54, 1.807) is 7.85 Å². The maximum Gasteiger partial charge on any atom is 0.272 e. The summed E-state index contributed by atoms with van der Waals surface area (Å²) in [6.07, 6.45) is 2.55. The number of nitrogens with zero attached hydrogens (tertiary/aromatic N) is 1. The van der Waals surface area contributed by atoms with Crippen molar-refractivity contribution < 1.29 is 19.7 Å². The van der Waals surface area contributed by atoms with Crippen LogP contribution in [0.3, 0.4) is 0 Å². The molecule has 0 aliphatic heterocycles. The number of nitrogens with one attached hydrogen (secondary N) is 3. The number of phenols is 3. The Morgan fingerprint density at radius 2 is 1.74 bits per heavy atom. The molecule has 1 aromatic carbocycles. The quantitative estimate of drug-likeness (QED) is 0.148. The van der Waals surface area contributed by atoms with Crippen LogP contribution < -0.4 is 27.3 Å². The van der Waals surface area contributed by atoms with Crippen LogP contribution in [0.2, 0.25) is 0 Å². The smallest absolute Gasteiger partial charge is 0.272 e. The zero-order chi connectivity index (χ0) is 23.2. The summed E-state index contributed by atoms with van der Waals surface area (Å²) in [6.45, 7) is 5.93. The van der Waals surface area contributed by atoms with Crippen molar-refractivity contribution in [3.8, 4) is 17.2 Å². The van der Waals surface area contributed by atoms with Gasteiger partial charge in [0, 0.05) is 16.7 Å². The molecule has 0 amide bonds. The van der Waals surface area contributed by atoms with Crippen molar-refractivity contribution in [2.45, 2.75) is 26.2 Å². The van der Waals surface area contributed by atoms with Gasteiger partial charge in [0.1, 0.15) is 32.1 Å². The number of aromatic hydroxyl groups is 3. The number of benzene rings is 1. The van der Waals surface area contributed by atoms with Gasteiger partial charge in [-0.05, 0) is 17.0 Å². The van der Waals surface area contributed by atoms with E-state index in [4.69, 9.17) is 0 Å². The predicted molar refractivity (Wildman–Crippen MR) is 118 cm³/mol. The molecular weight excluding hydrogens is 405 g/mol. The number of aromatic amines is 3. The fourth-order valence-corrected chi connectivity index (χ4v) is 3.25. The van der Waals surface area contributed by atoms with E-state index >= 15 is 0 Å². The highest BCUT2D eigenvalue weighted by Gasteiger charge is 2.22. The molecule has 6 N–H and O–H groups in total. The highest BCUT2D eigenvalue weighted by molar-refractivity contribution is 6.41. The van der Waals surface area contributed by atoms with Crippen LogP contribution in [0.15, 0.2) is 15.9 Å². The third-order valence-corrected chi connectivity index (χ3v) is 5.02. The molecule has 2 aromatic heterocycles. The standard InChI is InChI=1S/C19H21B2FN4O5/c1-19(2,3)16-11(23-5-24-16)9(21)12-18(31)25-7(17(30)26-12)4-6-8(20)14(28)10(22)15(29)13(6)27/h4-5,27-29H,20-21H2,1-3H3,(H,23,24)(H,25,31)(H,26,30)/b7-4-,12-9+. The van der Waals surface area contributed by atoms with E-state index in [1.807, 2.05) is 20.8 Å². The van der Waals surface area contributed by atoms with Crippen molar-refractivity contribution >= 4 is 32.7 Å². The average Bonchev–Trinajstić information content (AvgIpc) is 3.20. The summed E-state index contributed by atoms with van der Waals surface area (Å²) in [5, 5.41) is 29.2. The molecule has 12 heteroatoms. The first-order chi connectivity index (χ1) is 14.3. The Balaban J connectivity index is 2.30. The average molecular weight is 426 g/mol. The third-order valence-electron chi connectivity index (χ3n) is 5.02. The molecule has 0 unspecified atom stereocenters. The molecule has 0 bridgehead atoms. The summed E-state index contributed by atoms with van der Waals surface area (Å²) in [7, 11) is 2.94. The van der Waals surface area contributed by atoms with E-state index in [0.29, 0.717) is 11.2 Å². The number of phenolic OH excluding ortho intramolecular Hbond substituents is 3. The second-order valence-corrected chi connectivity index (χ2v) is 8.24. The van der Waals surface area contributed by atoms with Crippen LogP contribution in [-0.2, 0) is 5.41 Å². The lowest BCUT2D eigenvalue weighted by atomic mass is 9.83. The van der Waals surface area contributed by atoms with E-state index in [-0.39, 0.29) is 27.1 Å². The molecule has 3 rings (SSSR count). The highest BCUT2D eigenvalue weighted by Crippen LogP contribution is 2.35. The van der Waals surface area contributed by atoms with Gasteiger partial charge in [0.25, 0.3) is 11.1 Å². The molecule has 0 atom stereocenters. The molecule has 0 spiro atoms. The zero-order valence-electron chi connectivity index (χ0n) is 17.6. The SMILES string of the molecule is B/C(c1nc[nH]c1C(C)(C)C)=c1/[nH]c(=O)/c(=C/c2c(B)c(O)c(F)c(O)c2O)[nH]c1=O. The van der Waals surface area contributed by atoms with Crippen molar-refractivity contribution in [2.24, 2.45) is 0 Å². The Hall–Kier alpha value is -3.69. The van der Waals surface area contributed by atoms with Gasteiger partial charge >= 0.3 is 0 Å². The van der Waals surface area contributed by atoms with Gasteiger partial charge in [0.05, 0.1) is 12.0 Å². The van der Waals surface area contributed by atoms with Crippen LogP contribution in [0.4, 0.5) is 4.39 Å². The number of imidazole rings is 1. The molecular formula is C19H21B2FN4O5. The molecule has 31 heavy (non-hydrogen) atoms. The normalized spacial score (nSPS) is 13.5. The Morgan fingerprint density at radius 1 is 1.10 bits per heavy atom. The molecule has 0 fully saturated rings. The number of hydrogen-bond donors (Lipinski definition) is 6. The van der Waals surface area contributed by atoms with E-state index in [9.17, 15) is 29.3 Å². The zero-order valence-corrected chi connectivity index (χ0v) is 17.6. The fraction of sp³-hybridized carbons (Fsp3) is 0.211. The van der Waals surface area contributed by atoms with Crippen molar-refractivity contribution in [2.75, 3.05) is 0 Å². The van der Waals surface area contributed by atoms with Crippen molar-refractivity contribution in [3.63, 3.8) is 0 Å². The first kappa shape index (κ1) is 22.0. The molecule has 0 aliphatic carbocycles. The molecule has 3 aromatic rings. The second kappa shape index (κ2) is 7.53. The van der Waals surface area contributed by atoms with Crippen LogP contribution in [0.25, 0.3) is 11.5 Å². The van der Waals surface area contributed by atoms with E-state index in [1.165, 1.54) is 14.2 Å². The van der Waals surface area contributed by atoms with Crippen LogP contribution in [0.1, 0.15) is 37.7 Å². The van der Waals surface area contributed by atoms with Gasteiger partial charge in [-0.15, -0.1) is 0 Å². The van der Waals surface area contributed by atoms with E-state index in [2.05, 4.69) is 19.9 Å². The van der Waals surface area contributed by atoms with Crippen LogP contribution in [0.5, 0.6) is 17.2 Å². The molecule has 160 valence electrons. The van der Waals surface area contributed by atoms with Crippen molar-refractivity contribution in [3.05, 3.63) is 60.5 Å². The summed E-state index contributed by atoms with van der Waals surface area (Å²) >= 11 is 0. The second-order valence-electron chi connectivity index (χ2n) is 8.24. The number of aromatic nitrogens is 4. The fourth-order valence-electron chi connectivity index (χ4n) is 3.25. The van der Waals surface area contributed by atoms with Crippen LogP contribution in [0, 0.1) is 5.82 Å². The topological polar surface area (TPSA) is 155 Å². The Kier molecular flexibility index (Phi) is 5.35. The first-order valence-corrected chi connectivity index (χ1v) is 9.37. The minimum absolute atomic E-state index is 0.00509. The number of H-pyrrole nitrogens is 3. The molecule has 2 heterocycles. The van der Waals surface area contributed by atoms with Crippen LogP contribution in [-0.4, -0.2) is 50.9 Å². The van der Waals surface area contributed by atoms with Gasteiger partial charge in [-0.3, -0.25) is 9.59 Å². The predicted octanol–water partition coefficient (Wildman–Crippen LogP) is -2.78. The number of rotatable bonds is 2. The van der Waals surface area contributed by atoms with E-state index < -0.39 is 34.2 Å². The van der Waals surface area contributed by atoms with E-state index in [0.717, 1.165) is 11.8 Å². The Labute approximate surface area is 176 Å². The number of halogens is 1. The minimum Gasteiger partial charge on any atom is -0.505 e. The van der Waals surface area contributed by atoms with Gasteiger partial charge in [-0.2, -0.15) is 4.39 Å². The monoisotopic (exact) mass is 426 g/mol. The van der Waals surface area contributed by atoms with Gasteiger partial charge < -0.3 is 30.3 Å². The Bertz CT molecular complexity index is 1400. The maximum absolute atomic E-state index is 13.7. The lowest BCUT2D eigenvalue weighted by Gasteiger charge is -2.18. The Morgan fingerprint density at radius 3 is 2.35 bits per heavy atom. The van der Waals surface area contributed by atoms with Crippen LogP contribution >= 0.6 is 0 Å². The minimum atomic E-state index is -1.39. The summed E-state index contributed by atoms with van der Waals surface area (Å²) in [5.41, 5.74) is -0.171. The van der Waals surface area contributed by atoms with Gasteiger partial charge in [0.15, 0.2) is 11.5 Å². The van der Waals surface area contributed by atoms with Gasteiger partial charge in [-0.1, -0.05) is 20.8 Å². The maximum atomic E-state index is 13.7. The van der Waals surface area contributed by atoms with Gasteiger partial charge in [0.2, 0.25) is 5.82 Å². The lowest BCUT2D eigenvalue weighted by molar-refractivity contribution is 0.359. The summed E-state index contributed by atoms with van der Waals surface area (Å²) in [6, 6.07) is 0. The third kappa shape index (κ3) is 3.76. The molecule has 0 radical (unpaired) electrons. The summed E-state index contributed by atoms with van der Waals surface area (Å²) in [5.74, 6) is -4.30. The molecule has 0 aliphatic rings. The van der Waals surface area contributed by atoms with Crippen molar-refractivity contribution in [1.29, 1.82) is 0 Å². The summed E-state index contributed by atoms with van der Waals surface area (Å²) in [4.78, 5) is 37.6. The molecule has 0 saturated carbocycles. The number of hydrogen-bond acceptors (Lipinski definition) is 6. The molecule has 0 saturated heterocycles. The molecule has 9 nitrogen and oxygen atoms in total. The highest BCUT2D eigenvalue weighted by atomic mass is 19.1. The van der Waals surface area contributed by atoms with Crippen molar-refractivity contribution in [1.82, 2.24) is 19.9 Å².